The zero-order valence-corrected chi connectivity index (χ0v) is 35.7. The van der Waals surface area contributed by atoms with E-state index in [1.165, 1.54) is 109 Å². The van der Waals surface area contributed by atoms with Gasteiger partial charge >= 0.3 is 0 Å². The van der Waals surface area contributed by atoms with E-state index in [1.807, 2.05) is 11.3 Å². The van der Waals surface area contributed by atoms with E-state index in [0.717, 1.165) is 5.69 Å². The first-order valence-electron chi connectivity index (χ1n) is 22.3. The van der Waals surface area contributed by atoms with Crippen molar-refractivity contribution in [2.24, 2.45) is 0 Å². The second-order valence-corrected chi connectivity index (χ2v) is 18.5. The van der Waals surface area contributed by atoms with E-state index >= 15 is 0 Å². The van der Waals surface area contributed by atoms with E-state index in [-0.39, 0.29) is 0 Å². The van der Waals surface area contributed by atoms with E-state index in [2.05, 4.69) is 241 Å². The molecule has 10 aromatic carbocycles. The molecule has 1 spiro atoms. The van der Waals surface area contributed by atoms with Crippen LogP contribution < -0.4 is 4.90 Å². The molecule has 3 aliphatic carbocycles. The molecule has 1 nitrogen and oxygen atoms in total. The molecular weight excluding hydrogens is 791 g/mol. The van der Waals surface area contributed by atoms with Gasteiger partial charge in [0.2, 0.25) is 0 Å². The first-order chi connectivity index (χ1) is 31.8. The summed E-state index contributed by atoms with van der Waals surface area (Å²) in [5.41, 5.74) is 20.7. The molecule has 64 heavy (non-hydrogen) atoms. The molecule has 2 heteroatoms. The predicted octanol–water partition coefficient (Wildman–Crippen LogP) is 16.2. The summed E-state index contributed by atoms with van der Waals surface area (Å²) in [5, 5.41) is 2.57. The van der Waals surface area contributed by atoms with Gasteiger partial charge in [-0.15, -0.1) is 11.3 Å². The summed E-state index contributed by atoms with van der Waals surface area (Å²) in [6, 6.07) is 89.0. The summed E-state index contributed by atoms with van der Waals surface area (Å²) in [6.07, 6.45) is 0. The highest BCUT2D eigenvalue weighted by molar-refractivity contribution is 7.26. The Morgan fingerprint density at radius 2 is 0.781 bits per heavy atom. The smallest absolute Gasteiger partial charge is 0.0726 e. The third-order valence-electron chi connectivity index (χ3n) is 14.6. The summed E-state index contributed by atoms with van der Waals surface area (Å²) in [6.45, 7) is 0. The lowest BCUT2D eigenvalue weighted by atomic mass is 9.68. The van der Waals surface area contributed by atoms with Gasteiger partial charge < -0.3 is 4.90 Å². The Balaban J connectivity index is 1.11. The number of fused-ring (bicyclic) bond motifs is 16. The van der Waals surface area contributed by atoms with Crippen molar-refractivity contribution in [2.75, 3.05) is 4.90 Å². The minimum atomic E-state index is -0.527. The van der Waals surface area contributed by atoms with E-state index in [4.69, 9.17) is 0 Å². The Labute approximate surface area is 376 Å². The van der Waals surface area contributed by atoms with Crippen molar-refractivity contribution in [1.29, 1.82) is 0 Å². The fourth-order valence-corrected chi connectivity index (χ4v) is 13.4. The van der Waals surface area contributed by atoms with Gasteiger partial charge in [0.15, 0.2) is 0 Å². The van der Waals surface area contributed by atoms with Crippen LogP contribution in [0.1, 0.15) is 44.5 Å². The molecule has 14 rings (SSSR count). The van der Waals surface area contributed by atoms with E-state index < -0.39 is 10.8 Å². The number of thiophene rings is 1. The Morgan fingerprint density at radius 3 is 1.42 bits per heavy atom. The molecule has 1 aromatic heterocycles. The van der Waals surface area contributed by atoms with Crippen molar-refractivity contribution in [3.8, 4) is 33.4 Å². The van der Waals surface area contributed by atoms with E-state index in [0.29, 0.717) is 0 Å². The molecule has 1 heterocycles. The predicted molar refractivity (Wildman–Crippen MR) is 268 cm³/mol. The van der Waals surface area contributed by atoms with Crippen LogP contribution in [0.5, 0.6) is 0 Å². The van der Waals surface area contributed by atoms with Gasteiger partial charge in [-0.2, -0.15) is 0 Å². The summed E-state index contributed by atoms with van der Waals surface area (Å²) < 4.78 is 2.57. The quantitative estimate of drug-likeness (QED) is 0.167. The summed E-state index contributed by atoms with van der Waals surface area (Å²) >= 11 is 1.89. The number of hydrogen-bond acceptors (Lipinski definition) is 2. The van der Waals surface area contributed by atoms with Crippen molar-refractivity contribution in [3.63, 3.8) is 0 Å². The maximum Gasteiger partial charge on any atom is 0.0726 e. The number of benzene rings is 10. The molecule has 0 saturated heterocycles. The highest BCUT2D eigenvalue weighted by Gasteiger charge is 2.52. The molecule has 0 radical (unpaired) electrons. The average Bonchev–Trinajstić information content (AvgIpc) is 4.08. The highest BCUT2D eigenvalue weighted by Crippen LogP contribution is 2.64. The molecule has 298 valence electrons. The molecule has 0 N–H and O–H groups in total. The van der Waals surface area contributed by atoms with Crippen LogP contribution in [-0.4, -0.2) is 0 Å². The van der Waals surface area contributed by atoms with Gasteiger partial charge in [-0.05, 0) is 103 Å². The van der Waals surface area contributed by atoms with Crippen LogP contribution in [-0.2, 0) is 10.8 Å². The second kappa shape index (κ2) is 13.4. The summed E-state index contributed by atoms with van der Waals surface area (Å²) in [7, 11) is 0. The number of anilines is 3. The van der Waals surface area contributed by atoms with Crippen LogP contribution in [0.25, 0.3) is 53.6 Å². The van der Waals surface area contributed by atoms with Crippen LogP contribution in [0.4, 0.5) is 17.1 Å². The fourth-order valence-electron chi connectivity index (χ4n) is 12.2. The van der Waals surface area contributed by atoms with Crippen molar-refractivity contribution in [2.45, 2.75) is 10.8 Å². The monoisotopic (exact) mass is 829 g/mol. The van der Waals surface area contributed by atoms with E-state index in [1.54, 1.807) is 0 Å². The second-order valence-electron chi connectivity index (χ2n) is 17.4. The SMILES string of the molecule is c1ccc(C2(c3ccccc3)c3ccccc3-c3c(N(c4ccc5c(c4)C4(c6ccccc6-c6ccccc64)c4ccccc4-5)c4cccc5c4sc4ccccc45)cccc32)cc1. The van der Waals surface area contributed by atoms with Crippen LogP contribution >= 0.6 is 11.3 Å². The highest BCUT2D eigenvalue weighted by atomic mass is 32.1. The van der Waals surface area contributed by atoms with Gasteiger partial charge in [0.25, 0.3) is 0 Å². The largest absolute Gasteiger partial charge is 0.308 e. The molecule has 11 aromatic rings. The van der Waals surface area contributed by atoms with Gasteiger partial charge in [0, 0.05) is 26.7 Å². The van der Waals surface area contributed by atoms with Crippen LogP contribution in [0.2, 0.25) is 0 Å². The van der Waals surface area contributed by atoms with Crippen molar-refractivity contribution >= 4 is 48.6 Å². The molecule has 3 aliphatic rings. The summed E-state index contributed by atoms with van der Waals surface area (Å²) in [4.78, 5) is 2.60. The molecule has 0 fully saturated rings. The minimum Gasteiger partial charge on any atom is -0.308 e. The third-order valence-corrected chi connectivity index (χ3v) is 15.8. The maximum absolute atomic E-state index is 2.60. The first kappa shape index (κ1) is 35.8. The van der Waals surface area contributed by atoms with Crippen molar-refractivity contribution < 1.29 is 0 Å². The molecule has 0 atom stereocenters. The average molecular weight is 830 g/mol. The molecule has 0 amide bonds. The zero-order chi connectivity index (χ0) is 42.0. The number of nitrogens with zero attached hydrogens (tertiary/aromatic N) is 1. The van der Waals surface area contributed by atoms with Crippen LogP contribution in [0, 0.1) is 0 Å². The van der Waals surface area contributed by atoms with Crippen molar-refractivity contribution in [3.05, 3.63) is 281 Å². The molecule has 0 unspecified atom stereocenters. The Kier molecular flexibility index (Phi) is 7.47. The van der Waals surface area contributed by atoms with Crippen molar-refractivity contribution in [1.82, 2.24) is 0 Å². The van der Waals surface area contributed by atoms with Gasteiger partial charge in [-0.1, -0.05) is 206 Å². The van der Waals surface area contributed by atoms with Gasteiger partial charge in [0.05, 0.1) is 26.9 Å². The lowest BCUT2D eigenvalue weighted by Crippen LogP contribution is -2.28. The first-order valence-corrected chi connectivity index (χ1v) is 23.1. The van der Waals surface area contributed by atoms with Crippen LogP contribution in [0.3, 0.4) is 0 Å². The zero-order valence-electron chi connectivity index (χ0n) is 34.9. The Hall–Kier alpha value is -7.78. The molecular formula is C62H39NS. The lowest BCUT2D eigenvalue weighted by Gasteiger charge is -2.35. The van der Waals surface area contributed by atoms with E-state index in [9.17, 15) is 0 Å². The number of rotatable bonds is 5. The van der Waals surface area contributed by atoms with Crippen LogP contribution in [0.15, 0.2) is 237 Å². The molecule has 0 saturated carbocycles. The lowest BCUT2D eigenvalue weighted by molar-refractivity contribution is 0.768. The molecule has 0 aliphatic heterocycles. The topological polar surface area (TPSA) is 3.24 Å². The van der Waals surface area contributed by atoms with Gasteiger partial charge in [-0.3, -0.25) is 0 Å². The Bertz CT molecular complexity index is 3590. The fraction of sp³-hybridized carbons (Fsp3) is 0.0323. The summed E-state index contributed by atoms with van der Waals surface area (Å²) in [5.74, 6) is 0. The van der Waals surface area contributed by atoms with Gasteiger partial charge in [-0.25, -0.2) is 0 Å². The standard InChI is InChI=1S/C62H39NS/c1-3-19-40(20-4-1)61(41-21-5-2-6-22-41)53-32-15-10-27-49(53)59-54(61)33-18-34-56(59)63(57-35-17-28-48-47-26-11-16-36-58(47)64-60(48)57)42-37-38-46-45-25-9-14-31-52(45)62(55(46)39-42)50-29-12-7-23-43(50)44-24-8-13-30-51(44)62/h1-39H. The minimum absolute atomic E-state index is 0.467. The number of hydrogen-bond donors (Lipinski definition) is 0. The maximum atomic E-state index is 2.60. The third kappa shape index (κ3) is 4.53. The Morgan fingerprint density at radius 1 is 0.312 bits per heavy atom. The molecule has 0 bridgehead atoms. The normalized spacial score (nSPS) is 14.2. The van der Waals surface area contributed by atoms with Gasteiger partial charge in [0.1, 0.15) is 0 Å².